The van der Waals surface area contributed by atoms with Gasteiger partial charge >= 0.3 is 0 Å². The van der Waals surface area contributed by atoms with Crippen LogP contribution in [0.4, 0.5) is 4.39 Å². The normalized spacial score (nSPS) is 13.5. The Morgan fingerprint density at radius 1 is 0.933 bits per heavy atom. The summed E-state index contributed by atoms with van der Waals surface area (Å²) >= 11 is 0. The Labute approximate surface area is 175 Å². The molecular formula is C22H26FN3O4. The fourth-order valence-electron chi connectivity index (χ4n) is 2.59. The van der Waals surface area contributed by atoms with Crippen LogP contribution < -0.4 is 20.9 Å². The van der Waals surface area contributed by atoms with E-state index in [-0.39, 0.29) is 11.8 Å². The highest BCUT2D eigenvalue weighted by Crippen LogP contribution is 2.13. The third-order valence-electron chi connectivity index (χ3n) is 4.62. The van der Waals surface area contributed by atoms with E-state index in [1.54, 1.807) is 30.3 Å². The van der Waals surface area contributed by atoms with Gasteiger partial charge in [-0.15, -0.1) is 0 Å². The van der Waals surface area contributed by atoms with Crippen LogP contribution in [-0.4, -0.2) is 29.9 Å². The summed E-state index contributed by atoms with van der Waals surface area (Å²) in [6.45, 7) is 5.22. The molecule has 2 aromatic rings. The van der Waals surface area contributed by atoms with E-state index in [0.717, 1.165) is 0 Å². The number of halogens is 1. The molecule has 0 aromatic heterocycles. The van der Waals surface area contributed by atoms with Crippen LogP contribution in [-0.2, 0) is 9.59 Å². The third kappa shape index (κ3) is 6.58. The van der Waals surface area contributed by atoms with Crippen molar-refractivity contribution in [2.45, 2.75) is 39.3 Å². The molecule has 3 unspecified atom stereocenters. The second-order valence-corrected chi connectivity index (χ2v) is 6.90. The van der Waals surface area contributed by atoms with Crippen LogP contribution in [0.15, 0.2) is 54.6 Å². The minimum atomic E-state index is -0.934. The number of carbonyl (C=O) groups excluding carboxylic acids is 3. The van der Waals surface area contributed by atoms with Crippen molar-refractivity contribution in [2.24, 2.45) is 5.92 Å². The largest absolute Gasteiger partial charge is 0.481 e. The summed E-state index contributed by atoms with van der Waals surface area (Å²) in [5, 5.41) is 2.71. The number of benzene rings is 2. The Bertz CT molecular complexity index is 858. The zero-order valence-corrected chi connectivity index (χ0v) is 17.1. The maximum atomic E-state index is 12.9. The highest BCUT2D eigenvalue weighted by Gasteiger charge is 2.27. The second kappa shape index (κ2) is 10.9. The van der Waals surface area contributed by atoms with Gasteiger partial charge in [-0.05, 0) is 49.2 Å². The topological polar surface area (TPSA) is 96.5 Å². The molecule has 3 atom stereocenters. The minimum Gasteiger partial charge on any atom is -0.481 e. The predicted octanol–water partition coefficient (Wildman–Crippen LogP) is 2.59. The van der Waals surface area contributed by atoms with Gasteiger partial charge in [-0.3, -0.25) is 25.2 Å². The van der Waals surface area contributed by atoms with Crippen LogP contribution in [0.3, 0.4) is 0 Å². The van der Waals surface area contributed by atoms with E-state index >= 15 is 0 Å². The minimum absolute atomic E-state index is 0.164. The molecule has 0 heterocycles. The average molecular weight is 415 g/mol. The molecule has 3 amide bonds. The lowest BCUT2D eigenvalue weighted by Gasteiger charge is -2.24. The van der Waals surface area contributed by atoms with Crippen molar-refractivity contribution in [2.75, 3.05) is 0 Å². The molecule has 0 radical (unpaired) electrons. The highest BCUT2D eigenvalue weighted by atomic mass is 19.1. The molecule has 0 spiro atoms. The number of nitrogens with one attached hydrogen (secondary N) is 3. The molecule has 8 heteroatoms. The van der Waals surface area contributed by atoms with Crippen molar-refractivity contribution in [1.29, 1.82) is 0 Å². The summed E-state index contributed by atoms with van der Waals surface area (Å²) in [5.41, 5.74) is 5.07. The molecule has 0 saturated heterocycles. The van der Waals surface area contributed by atoms with Crippen molar-refractivity contribution in [1.82, 2.24) is 16.2 Å². The third-order valence-corrected chi connectivity index (χ3v) is 4.62. The van der Waals surface area contributed by atoms with Gasteiger partial charge in [0.25, 0.3) is 17.7 Å². The maximum absolute atomic E-state index is 12.9. The molecule has 160 valence electrons. The van der Waals surface area contributed by atoms with Gasteiger partial charge in [-0.1, -0.05) is 38.5 Å². The van der Waals surface area contributed by atoms with Crippen LogP contribution in [0, 0.1) is 11.7 Å². The quantitative estimate of drug-likeness (QED) is 0.578. The van der Waals surface area contributed by atoms with Crippen molar-refractivity contribution in [3.05, 3.63) is 66.0 Å². The molecule has 0 saturated carbocycles. The Hall–Kier alpha value is -3.42. The van der Waals surface area contributed by atoms with Gasteiger partial charge in [0.1, 0.15) is 17.6 Å². The molecule has 3 N–H and O–H groups in total. The number of hydrogen-bond donors (Lipinski definition) is 3. The lowest BCUT2D eigenvalue weighted by Crippen LogP contribution is -2.56. The number of amides is 3. The molecule has 0 fully saturated rings. The van der Waals surface area contributed by atoms with Crippen molar-refractivity contribution in [3.8, 4) is 5.75 Å². The molecule has 7 nitrogen and oxygen atoms in total. The smallest absolute Gasteiger partial charge is 0.279 e. The monoisotopic (exact) mass is 415 g/mol. The summed E-state index contributed by atoms with van der Waals surface area (Å²) in [6.07, 6.45) is -0.290. The molecular weight excluding hydrogens is 389 g/mol. The van der Waals surface area contributed by atoms with Crippen LogP contribution in [0.1, 0.15) is 37.6 Å². The molecule has 0 aliphatic carbocycles. The van der Waals surface area contributed by atoms with Crippen LogP contribution in [0.2, 0.25) is 0 Å². The number of hydrazine groups is 1. The summed E-state index contributed by atoms with van der Waals surface area (Å²) in [7, 11) is 0. The summed E-state index contributed by atoms with van der Waals surface area (Å²) in [5.74, 6) is -1.78. The lowest BCUT2D eigenvalue weighted by molar-refractivity contribution is -0.133. The number of carbonyl (C=O) groups is 3. The van der Waals surface area contributed by atoms with Gasteiger partial charge in [0.05, 0.1) is 0 Å². The van der Waals surface area contributed by atoms with E-state index in [2.05, 4.69) is 16.2 Å². The fraction of sp³-hybridized carbons (Fsp3) is 0.318. The number of rotatable bonds is 8. The van der Waals surface area contributed by atoms with E-state index in [1.165, 1.54) is 31.2 Å². The highest BCUT2D eigenvalue weighted by molar-refractivity contribution is 5.97. The molecule has 30 heavy (non-hydrogen) atoms. The lowest BCUT2D eigenvalue weighted by atomic mass is 9.98. The van der Waals surface area contributed by atoms with Gasteiger partial charge in [0, 0.05) is 5.56 Å². The van der Waals surface area contributed by atoms with Crippen molar-refractivity contribution in [3.63, 3.8) is 0 Å². The zero-order valence-electron chi connectivity index (χ0n) is 17.1. The number of hydrogen-bond acceptors (Lipinski definition) is 4. The Balaban J connectivity index is 1.93. The Morgan fingerprint density at radius 3 is 2.13 bits per heavy atom. The van der Waals surface area contributed by atoms with E-state index in [1.807, 2.05) is 13.8 Å². The van der Waals surface area contributed by atoms with Gasteiger partial charge in [0.15, 0.2) is 6.10 Å². The van der Waals surface area contributed by atoms with E-state index in [0.29, 0.717) is 17.7 Å². The van der Waals surface area contributed by atoms with Crippen molar-refractivity contribution < 1.29 is 23.5 Å². The van der Waals surface area contributed by atoms with Crippen LogP contribution in [0.5, 0.6) is 5.75 Å². The molecule has 0 aliphatic heterocycles. The van der Waals surface area contributed by atoms with Gasteiger partial charge in [0.2, 0.25) is 0 Å². The van der Waals surface area contributed by atoms with Crippen LogP contribution >= 0.6 is 0 Å². The molecule has 2 rings (SSSR count). The van der Waals surface area contributed by atoms with Crippen LogP contribution in [0.25, 0.3) is 0 Å². The van der Waals surface area contributed by atoms with Gasteiger partial charge in [-0.25, -0.2) is 4.39 Å². The molecule has 0 bridgehead atoms. The first-order valence-electron chi connectivity index (χ1n) is 9.69. The number of ether oxygens (including phenoxy) is 1. The first-order valence-corrected chi connectivity index (χ1v) is 9.69. The van der Waals surface area contributed by atoms with Crippen molar-refractivity contribution >= 4 is 17.7 Å². The fourth-order valence-corrected chi connectivity index (χ4v) is 2.59. The summed E-state index contributed by atoms with van der Waals surface area (Å²) < 4.78 is 18.4. The predicted molar refractivity (Wildman–Crippen MR) is 110 cm³/mol. The van der Waals surface area contributed by atoms with E-state index in [9.17, 15) is 18.8 Å². The standard InChI is InChI=1S/C22H26FN3O4/c1-4-14(2)19(24-21(28)16-8-6-5-7-9-16)22(29)26-25-20(27)15(3)30-18-12-10-17(23)11-13-18/h5-15,19H,4H2,1-3H3,(H,24,28)(H,25,27)(H,26,29). The Kier molecular flexibility index (Phi) is 8.34. The average Bonchev–Trinajstić information content (AvgIpc) is 2.76. The maximum Gasteiger partial charge on any atom is 0.279 e. The first kappa shape index (κ1) is 22.9. The second-order valence-electron chi connectivity index (χ2n) is 6.90. The van der Waals surface area contributed by atoms with E-state index < -0.39 is 29.8 Å². The van der Waals surface area contributed by atoms with Gasteiger partial charge < -0.3 is 10.1 Å². The first-order chi connectivity index (χ1) is 14.3. The zero-order chi connectivity index (χ0) is 22.1. The summed E-state index contributed by atoms with van der Waals surface area (Å²) in [4.78, 5) is 37.3. The summed E-state index contributed by atoms with van der Waals surface area (Å²) in [6, 6.07) is 12.9. The SMILES string of the molecule is CCC(C)C(NC(=O)c1ccccc1)C(=O)NNC(=O)C(C)Oc1ccc(F)cc1. The molecule has 2 aromatic carbocycles. The molecule has 0 aliphatic rings. The van der Waals surface area contributed by atoms with E-state index in [4.69, 9.17) is 4.74 Å². The van der Waals surface area contributed by atoms with Gasteiger partial charge in [-0.2, -0.15) is 0 Å². The Morgan fingerprint density at radius 2 is 1.53 bits per heavy atom.